The van der Waals surface area contributed by atoms with E-state index in [-0.39, 0.29) is 5.82 Å². The summed E-state index contributed by atoms with van der Waals surface area (Å²) in [6.45, 7) is 1.93. The van der Waals surface area contributed by atoms with Crippen LogP contribution >= 0.6 is 0 Å². The molecule has 1 aromatic heterocycles. The van der Waals surface area contributed by atoms with Crippen LogP contribution < -0.4 is 5.32 Å². The molecule has 0 radical (unpaired) electrons. The highest BCUT2D eigenvalue weighted by atomic mass is 19.1. The number of benzene rings is 1. The van der Waals surface area contributed by atoms with E-state index in [2.05, 4.69) is 10.4 Å². The molecule has 0 spiro atoms. The Morgan fingerprint density at radius 2 is 2.20 bits per heavy atom. The van der Waals surface area contributed by atoms with Crippen LogP contribution in [0.5, 0.6) is 0 Å². The van der Waals surface area contributed by atoms with Crippen molar-refractivity contribution in [2.45, 2.75) is 38.6 Å². The molecule has 0 amide bonds. The van der Waals surface area contributed by atoms with E-state index in [0.29, 0.717) is 6.04 Å². The minimum Gasteiger partial charge on any atom is -0.313 e. The molecule has 1 aromatic carbocycles. The van der Waals surface area contributed by atoms with Crippen molar-refractivity contribution in [2.24, 2.45) is 0 Å². The Kier molecular flexibility index (Phi) is 3.57. The molecule has 0 bridgehead atoms. The van der Waals surface area contributed by atoms with E-state index in [0.717, 1.165) is 24.1 Å². The summed E-state index contributed by atoms with van der Waals surface area (Å²) in [6, 6.07) is 5.26. The highest BCUT2D eigenvalue weighted by Gasteiger charge is 2.22. The largest absolute Gasteiger partial charge is 0.313 e. The Labute approximate surface area is 118 Å². The molecule has 1 N–H and O–H groups in total. The molecule has 1 unspecified atom stereocenters. The molecule has 3 nitrogen and oxygen atoms in total. The van der Waals surface area contributed by atoms with Crippen molar-refractivity contribution >= 4 is 0 Å². The fourth-order valence-corrected chi connectivity index (χ4v) is 3.09. The van der Waals surface area contributed by atoms with Crippen molar-refractivity contribution in [2.75, 3.05) is 7.05 Å². The Bertz CT molecular complexity index is 618. The quantitative estimate of drug-likeness (QED) is 0.851. The second-order valence-corrected chi connectivity index (χ2v) is 5.48. The van der Waals surface area contributed by atoms with Crippen LogP contribution in [0.4, 0.5) is 4.39 Å². The number of halogens is 1. The normalized spacial score (nSPS) is 18.6. The number of aryl methyl sites for hydroxylation is 1. The van der Waals surface area contributed by atoms with E-state index in [1.165, 1.54) is 30.2 Å². The molecule has 1 aliphatic rings. The summed E-state index contributed by atoms with van der Waals surface area (Å²) < 4.78 is 15.3. The van der Waals surface area contributed by atoms with E-state index < -0.39 is 0 Å². The van der Waals surface area contributed by atoms with Gasteiger partial charge in [0.05, 0.1) is 11.9 Å². The molecule has 1 heterocycles. The van der Waals surface area contributed by atoms with Gasteiger partial charge in [0.15, 0.2) is 0 Å². The fourth-order valence-electron chi connectivity index (χ4n) is 3.09. The summed E-state index contributed by atoms with van der Waals surface area (Å²) in [5.41, 5.74) is 4.44. The summed E-state index contributed by atoms with van der Waals surface area (Å²) in [4.78, 5) is 0. The topological polar surface area (TPSA) is 29.9 Å². The zero-order valence-corrected chi connectivity index (χ0v) is 12.0. The van der Waals surface area contributed by atoms with E-state index >= 15 is 0 Å². The first-order valence-corrected chi connectivity index (χ1v) is 7.21. The number of aromatic nitrogens is 2. The molecular weight excluding hydrogens is 253 g/mol. The summed E-state index contributed by atoms with van der Waals surface area (Å²) in [5, 5.41) is 7.93. The average Bonchev–Trinajstić information content (AvgIpc) is 2.72. The van der Waals surface area contributed by atoms with Crippen molar-refractivity contribution in [3.05, 3.63) is 47.0 Å². The molecule has 2 aromatic rings. The van der Waals surface area contributed by atoms with Crippen LogP contribution in [0.2, 0.25) is 0 Å². The van der Waals surface area contributed by atoms with Crippen molar-refractivity contribution in [1.29, 1.82) is 0 Å². The lowest BCUT2D eigenvalue weighted by Gasteiger charge is -2.14. The van der Waals surface area contributed by atoms with Gasteiger partial charge in [0, 0.05) is 17.3 Å². The number of hydrogen-bond donors (Lipinski definition) is 1. The van der Waals surface area contributed by atoms with Gasteiger partial charge in [-0.15, -0.1) is 0 Å². The second kappa shape index (κ2) is 5.37. The lowest BCUT2D eigenvalue weighted by Crippen LogP contribution is -2.16. The predicted octanol–water partition coefficient (Wildman–Crippen LogP) is 3.31. The van der Waals surface area contributed by atoms with E-state index in [4.69, 9.17) is 0 Å². The molecule has 0 saturated heterocycles. The third-order valence-corrected chi connectivity index (χ3v) is 4.17. The van der Waals surface area contributed by atoms with Crippen molar-refractivity contribution in [1.82, 2.24) is 15.1 Å². The maximum Gasteiger partial charge on any atom is 0.123 e. The third kappa shape index (κ3) is 2.24. The van der Waals surface area contributed by atoms with Gasteiger partial charge >= 0.3 is 0 Å². The van der Waals surface area contributed by atoms with Crippen molar-refractivity contribution < 1.29 is 4.39 Å². The van der Waals surface area contributed by atoms with Gasteiger partial charge in [-0.3, -0.25) is 0 Å². The van der Waals surface area contributed by atoms with Gasteiger partial charge in [0.25, 0.3) is 0 Å². The number of fused-ring (bicyclic) bond motifs is 1. The van der Waals surface area contributed by atoms with Gasteiger partial charge in [-0.1, -0.05) is 6.42 Å². The van der Waals surface area contributed by atoms with Crippen LogP contribution in [0.1, 0.15) is 42.1 Å². The Balaban J connectivity index is 2.09. The van der Waals surface area contributed by atoms with Gasteiger partial charge in [0.1, 0.15) is 5.82 Å². The molecule has 3 rings (SSSR count). The Hall–Kier alpha value is -1.68. The van der Waals surface area contributed by atoms with Crippen LogP contribution in [0.25, 0.3) is 5.69 Å². The first kappa shape index (κ1) is 13.3. The second-order valence-electron chi connectivity index (χ2n) is 5.48. The summed E-state index contributed by atoms with van der Waals surface area (Å²) >= 11 is 0. The minimum atomic E-state index is -0.197. The molecule has 0 saturated carbocycles. The number of rotatable bonds is 2. The standard InChI is InChI=1S/C16H20FN3/c1-11-9-12(17)7-8-15(11)20-16-6-4-3-5-14(18-2)13(16)10-19-20/h7-10,14,18H,3-6H2,1-2H3. The van der Waals surface area contributed by atoms with Crippen molar-refractivity contribution in [3.63, 3.8) is 0 Å². The zero-order valence-electron chi connectivity index (χ0n) is 12.0. The van der Waals surface area contributed by atoms with Crippen LogP contribution in [0.15, 0.2) is 24.4 Å². The maximum absolute atomic E-state index is 13.3. The smallest absolute Gasteiger partial charge is 0.123 e. The SMILES string of the molecule is CNC1CCCCc2c1cnn2-c1ccc(F)cc1C. The van der Waals surface area contributed by atoms with Crippen molar-refractivity contribution in [3.8, 4) is 5.69 Å². The molecule has 106 valence electrons. The molecule has 0 fully saturated rings. The van der Waals surface area contributed by atoms with Gasteiger partial charge in [-0.05, 0) is 57.0 Å². The van der Waals surface area contributed by atoms with Crippen LogP contribution in [-0.4, -0.2) is 16.8 Å². The Morgan fingerprint density at radius 3 is 2.95 bits per heavy atom. The fraction of sp³-hybridized carbons (Fsp3) is 0.438. The van der Waals surface area contributed by atoms with E-state index in [1.54, 1.807) is 6.07 Å². The molecule has 4 heteroatoms. The maximum atomic E-state index is 13.3. The monoisotopic (exact) mass is 273 g/mol. The number of hydrogen-bond acceptors (Lipinski definition) is 2. The zero-order chi connectivity index (χ0) is 14.1. The first-order chi connectivity index (χ1) is 9.70. The highest BCUT2D eigenvalue weighted by molar-refractivity contribution is 5.43. The summed E-state index contributed by atoms with van der Waals surface area (Å²) in [7, 11) is 2.00. The average molecular weight is 273 g/mol. The van der Waals surface area contributed by atoms with E-state index in [1.807, 2.05) is 30.9 Å². The van der Waals surface area contributed by atoms with Gasteiger partial charge in [-0.2, -0.15) is 5.10 Å². The highest BCUT2D eigenvalue weighted by Crippen LogP contribution is 2.30. The van der Waals surface area contributed by atoms with Crippen LogP contribution in [0, 0.1) is 12.7 Å². The number of nitrogens with one attached hydrogen (secondary N) is 1. The Morgan fingerprint density at radius 1 is 1.35 bits per heavy atom. The molecular formula is C16H20FN3. The predicted molar refractivity (Wildman–Crippen MR) is 77.6 cm³/mol. The molecule has 0 aliphatic heterocycles. The molecule has 20 heavy (non-hydrogen) atoms. The lowest BCUT2D eigenvalue weighted by molar-refractivity contribution is 0.533. The summed E-state index contributed by atoms with van der Waals surface area (Å²) in [5.74, 6) is -0.197. The molecule has 1 atom stereocenters. The summed E-state index contributed by atoms with van der Waals surface area (Å²) in [6.07, 6.45) is 6.55. The minimum absolute atomic E-state index is 0.197. The number of nitrogens with zero attached hydrogens (tertiary/aromatic N) is 2. The van der Waals surface area contributed by atoms with Gasteiger partial charge < -0.3 is 5.32 Å². The van der Waals surface area contributed by atoms with Gasteiger partial charge in [-0.25, -0.2) is 9.07 Å². The molecule has 1 aliphatic carbocycles. The third-order valence-electron chi connectivity index (χ3n) is 4.17. The first-order valence-electron chi connectivity index (χ1n) is 7.21. The van der Waals surface area contributed by atoms with Crippen LogP contribution in [-0.2, 0) is 6.42 Å². The van der Waals surface area contributed by atoms with E-state index in [9.17, 15) is 4.39 Å². The van der Waals surface area contributed by atoms with Gasteiger partial charge in [0.2, 0.25) is 0 Å². The van der Waals surface area contributed by atoms with Crippen LogP contribution in [0.3, 0.4) is 0 Å². The lowest BCUT2D eigenvalue weighted by atomic mass is 10.1.